The molecule has 0 spiro atoms. The molecule has 10 nitrogen and oxygen atoms in total. The SMILES string of the molecule is C=CC(=O)N1C[C@@H](n2nc(C#Cc3c(F)c(OC)cc(OC)c3F)c3c(N)ncc(-c4nccs4)c32)C[C@@H]1COC. The van der Waals surface area contributed by atoms with Crippen molar-refractivity contribution in [1.82, 2.24) is 24.6 Å². The van der Waals surface area contributed by atoms with E-state index in [0.717, 1.165) is 6.07 Å². The molecule has 212 valence electrons. The summed E-state index contributed by atoms with van der Waals surface area (Å²) in [6, 6.07) is 0.580. The smallest absolute Gasteiger partial charge is 0.246 e. The maximum absolute atomic E-state index is 15.1. The topological polar surface area (TPSA) is 118 Å². The molecule has 13 heteroatoms. The molecular formula is C28H26F2N6O4S. The Morgan fingerprint density at radius 1 is 1.22 bits per heavy atom. The van der Waals surface area contributed by atoms with Gasteiger partial charge in [0.05, 0.1) is 49.4 Å². The second kappa shape index (κ2) is 11.5. The van der Waals surface area contributed by atoms with Gasteiger partial charge in [-0.1, -0.05) is 12.5 Å². The van der Waals surface area contributed by atoms with E-state index < -0.39 is 17.2 Å². The first-order chi connectivity index (χ1) is 19.8. The fraction of sp³-hybridized carbons (Fsp3) is 0.286. The summed E-state index contributed by atoms with van der Waals surface area (Å²) in [7, 11) is 4.08. The van der Waals surface area contributed by atoms with E-state index in [-0.39, 0.29) is 41.0 Å². The number of rotatable bonds is 7. The number of carbonyl (C=O) groups is 1. The largest absolute Gasteiger partial charge is 0.493 e. The van der Waals surface area contributed by atoms with Crippen molar-refractivity contribution in [3.8, 4) is 33.9 Å². The molecule has 5 rings (SSSR count). The van der Waals surface area contributed by atoms with E-state index in [1.54, 1.807) is 29.1 Å². The second-order valence-corrected chi connectivity index (χ2v) is 10.0. The molecule has 41 heavy (non-hydrogen) atoms. The van der Waals surface area contributed by atoms with Crippen LogP contribution in [0.15, 0.2) is 36.5 Å². The first kappa shape index (κ1) is 28.0. The second-order valence-electron chi connectivity index (χ2n) is 9.14. The highest BCUT2D eigenvalue weighted by Gasteiger charge is 2.37. The van der Waals surface area contributed by atoms with Crippen molar-refractivity contribution in [3.05, 3.63) is 59.4 Å². The molecule has 1 aliphatic rings. The number of nitrogens with zero attached hydrogens (tertiary/aromatic N) is 5. The lowest BCUT2D eigenvalue weighted by Crippen LogP contribution is -2.37. The summed E-state index contributed by atoms with van der Waals surface area (Å²) in [5.74, 6) is 2.85. The van der Waals surface area contributed by atoms with Gasteiger partial charge in [-0.05, 0) is 18.4 Å². The number of amides is 1. The zero-order valence-corrected chi connectivity index (χ0v) is 23.3. The Labute approximate surface area is 238 Å². The quantitative estimate of drug-likeness (QED) is 0.259. The van der Waals surface area contributed by atoms with E-state index in [2.05, 4.69) is 28.4 Å². The average molecular weight is 581 g/mol. The number of thiazole rings is 1. The predicted molar refractivity (Wildman–Crippen MR) is 150 cm³/mol. The first-order valence-electron chi connectivity index (χ1n) is 12.4. The van der Waals surface area contributed by atoms with Gasteiger partial charge in [-0.15, -0.1) is 11.3 Å². The van der Waals surface area contributed by atoms with Gasteiger partial charge < -0.3 is 24.8 Å². The normalized spacial score (nSPS) is 16.5. The molecule has 1 amide bonds. The summed E-state index contributed by atoms with van der Waals surface area (Å²) in [6.07, 6.45) is 5.05. The third-order valence-corrected chi connectivity index (χ3v) is 7.66. The van der Waals surface area contributed by atoms with E-state index in [9.17, 15) is 4.79 Å². The van der Waals surface area contributed by atoms with Gasteiger partial charge in [-0.3, -0.25) is 9.48 Å². The van der Waals surface area contributed by atoms with E-state index in [1.807, 2.05) is 5.38 Å². The number of fused-ring (bicyclic) bond motifs is 1. The summed E-state index contributed by atoms with van der Waals surface area (Å²) in [6.45, 7) is 4.26. The van der Waals surface area contributed by atoms with Crippen molar-refractivity contribution in [1.29, 1.82) is 0 Å². The highest BCUT2D eigenvalue weighted by atomic mass is 32.1. The van der Waals surface area contributed by atoms with Crippen LogP contribution in [-0.4, -0.2) is 71.1 Å². The Balaban J connectivity index is 1.72. The van der Waals surface area contributed by atoms with Crippen LogP contribution in [0.3, 0.4) is 0 Å². The Kier molecular flexibility index (Phi) is 7.87. The third-order valence-electron chi connectivity index (χ3n) is 6.85. The number of nitrogen functional groups attached to an aromatic ring is 1. The lowest BCUT2D eigenvalue weighted by molar-refractivity contribution is -0.127. The van der Waals surface area contributed by atoms with Gasteiger partial charge in [-0.2, -0.15) is 5.10 Å². The number of ether oxygens (including phenoxy) is 3. The van der Waals surface area contributed by atoms with Crippen molar-refractivity contribution in [3.63, 3.8) is 0 Å². The minimum atomic E-state index is -0.978. The number of nitrogens with two attached hydrogens (primary N) is 1. The molecule has 0 saturated carbocycles. The summed E-state index contributed by atoms with van der Waals surface area (Å²) in [4.78, 5) is 23.1. The third kappa shape index (κ3) is 4.96. The Morgan fingerprint density at radius 3 is 2.56 bits per heavy atom. The number of carbonyl (C=O) groups excluding carboxylic acids is 1. The molecule has 4 heterocycles. The Morgan fingerprint density at radius 2 is 1.95 bits per heavy atom. The van der Waals surface area contributed by atoms with Gasteiger partial charge in [0.1, 0.15) is 22.1 Å². The van der Waals surface area contributed by atoms with Crippen molar-refractivity contribution in [2.75, 3.05) is 40.2 Å². The first-order valence-corrected chi connectivity index (χ1v) is 13.3. The number of hydrogen-bond donors (Lipinski definition) is 1. The molecule has 1 aromatic carbocycles. The molecule has 1 saturated heterocycles. The van der Waals surface area contributed by atoms with Crippen LogP contribution in [-0.2, 0) is 9.53 Å². The number of likely N-dealkylation sites (tertiary alicyclic amines) is 1. The van der Waals surface area contributed by atoms with E-state index in [0.29, 0.717) is 41.0 Å². The van der Waals surface area contributed by atoms with Gasteiger partial charge in [0.15, 0.2) is 23.1 Å². The Bertz CT molecular complexity index is 1670. The van der Waals surface area contributed by atoms with Gasteiger partial charge in [0, 0.05) is 37.5 Å². The summed E-state index contributed by atoms with van der Waals surface area (Å²) in [5.41, 5.74) is 7.20. The van der Waals surface area contributed by atoms with Crippen LogP contribution >= 0.6 is 11.3 Å². The van der Waals surface area contributed by atoms with Crippen molar-refractivity contribution in [2.24, 2.45) is 0 Å². The van der Waals surface area contributed by atoms with Gasteiger partial charge in [0.2, 0.25) is 5.91 Å². The van der Waals surface area contributed by atoms with E-state index in [1.165, 1.54) is 31.6 Å². The van der Waals surface area contributed by atoms with Crippen LogP contribution in [0.4, 0.5) is 14.6 Å². The fourth-order valence-electron chi connectivity index (χ4n) is 4.98. The highest BCUT2D eigenvalue weighted by Crippen LogP contribution is 2.38. The van der Waals surface area contributed by atoms with E-state index >= 15 is 8.78 Å². The summed E-state index contributed by atoms with van der Waals surface area (Å²) < 4.78 is 47.3. The number of anilines is 1. The fourth-order valence-corrected chi connectivity index (χ4v) is 5.63. The molecule has 0 unspecified atom stereocenters. The van der Waals surface area contributed by atoms with Crippen LogP contribution in [0.2, 0.25) is 0 Å². The molecular weight excluding hydrogens is 554 g/mol. The van der Waals surface area contributed by atoms with Gasteiger partial charge in [0.25, 0.3) is 0 Å². The van der Waals surface area contributed by atoms with E-state index in [4.69, 9.17) is 25.0 Å². The lowest BCUT2D eigenvalue weighted by atomic mass is 10.1. The average Bonchev–Trinajstić information content (AvgIpc) is 3.73. The maximum Gasteiger partial charge on any atom is 0.246 e. The van der Waals surface area contributed by atoms with Crippen molar-refractivity contribution >= 4 is 34.0 Å². The number of hydrogen-bond acceptors (Lipinski definition) is 9. The zero-order valence-electron chi connectivity index (χ0n) is 22.5. The molecule has 1 fully saturated rings. The van der Waals surface area contributed by atoms with Crippen molar-refractivity contribution in [2.45, 2.75) is 18.5 Å². The molecule has 1 aliphatic heterocycles. The number of pyridine rings is 1. The molecule has 0 aliphatic carbocycles. The zero-order chi connectivity index (χ0) is 29.3. The highest BCUT2D eigenvalue weighted by molar-refractivity contribution is 7.13. The van der Waals surface area contributed by atoms with Crippen LogP contribution in [0, 0.1) is 23.5 Å². The van der Waals surface area contributed by atoms with Crippen LogP contribution in [0.25, 0.3) is 21.5 Å². The summed E-state index contributed by atoms with van der Waals surface area (Å²) >= 11 is 1.40. The Hall–Kier alpha value is -4.54. The lowest BCUT2D eigenvalue weighted by Gasteiger charge is -2.22. The van der Waals surface area contributed by atoms with Gasteiger partial charge >= 0.3 is 0 Å². The molecule has 2 N–H and O–H groups in total. The monoisotopic (exact) mass is 580 g/mol. The van der Waals surface area contributed by atoms with Gasteiger partial charge in [-0.25, -0.2) is 18.7 Å². The standard InChI is InChI=1S/C28H26F2N6O4S/c1-5-22(37)35-13-15(10-16(35)14-38-2)36-26-18(28-32-8-9-41-28)12-33-27(31)23(26)19(34-36)7-6-17-24(29)20(39-3)11-21(40-4)25(17)30/h5,8-9,11-12,15-16H,1,10,13-14H2,2-4H3,(H2,31,33)/t15-,16+/m0/s1. The minimum absolute atomic E-state index is 0.130. The van der Waals surface area contributed by atoms with Crippen LogP contribution < -0.4 is 15.2 Å². The maximum atomic E-state index is 15.1. The number of halogens is 2. The molecule has 3 aromatic heterocycles. The summed E-state index contributed by atoms with van der Waals surface area (Å²) in [5, 5.41) is 7.66. The molecule has 4 aromatic rings. The molecule has 2 atom stereocenters. The molecule has 0 radical (unpaired) electrons. The van der Waals surface area contributed by atoms with Crippen molar-refractivity contribution < 1.29 is 27.8 Å². The number of aromatic nitrogens is 4. The van der Waals surface area contributed by atoms with Crippen LogP contribution in [0.5, 0.6) is 11.5 Å². The minimum Gasteiger partial charge on any atom is -0.493 e. The van der Waals surface area contributed by atoms with Crippen LogP contribution in [0.1, 0.15) is 23.7 Å². The number of methoxy groups -OCH3 is 3. The molecule has 0 bridgehead atoms. The predicted octanol–water partition coefficient (Wildman–Crippen LogP) is 3.81. The number of benzene rings is 1.